The summed E-state index contributed by atoms with van der Waals surface area (Å²) < 4.78 is 0. The number of non-ortho nitro benzene ring substituents is 1. The van der Waals surface area contributed by atoms with Crippen LogP contribution in [0.25, 0.3) is 0 Å². The Bertz CT molecular complexity index is 748. The van der Waals surface area contributed by atoms with E-state index in [0.29, 0.717) is 11.4 Å². The monoisotopic (exact) mass is 354 g/mol. The van der Waals surface area contributed by atoms with Gasteiger partial charge in [-0.2, -0.15) is 0 Å². The van der Waals surface area contributed by atoms with Gasteiger partial charge >= 0.3 is 11.9 Å². The zero-order valence-electron chi connectivity index (χ0n) is 12.8. The zero-order valence-corrected chi connectivity index (χ0v) is 13.6. The van der Waals surface area contributed by atoms with Gasteiger partial charge in [0.25, 0.3) is 5.69 Å². The Hall–Kier alpha value is -2.87. The van der Waals surface area contributed by atoms with E-state index in [9.17, 15) is 29.9 Å². The van der Waals surface area contributed by atoms with Crippen molar-refractivity contribution in [3.8, 4) is 0 Å². The summed E-state index contributed by atoms with van der Waals surface area (Å²) in [6, 6.07) is 5.34. The minimum Gasteiger partial charge on any atom is -0.478 e. The Balaban J connectivity index is 0.00000288. The number of hydrogen-bond acceptors (Lipinski definition) is 5. The predicted octanol–water partition coefficient (Wildman–Crippen LogP) is 2.42. The summed E-state index contributed by atoms with van der Waals surface area (Å²) in [5, 5.41) is 32.6. The topological polar surface area (TPSA) is 130 Å². The van der Waals surface area contributed by atoms with Crippen molar-refractivity contribution < 1.29 is 24.7 Å². The van der Waals surface area contributed by atoms with E-state index in [1.807, 2.05) is 0 Å². The Morgan fingerprint density at radius 3 is 2.04 bits per heavy atom. The molecule has 0 aliphatic carbocycles. The lowest BCUT2D eigenvalue weighted by atomic mass is 9.80. The van der Waals surface area contributed by atoms with Crippen LogP contribution in [0, 0.1) is 10.1 Å². The van der Waals surface area contributed by atoms with Crippen LogP contribution in [0.4, 0.5) is 5.69 Å². The van der Waals surface area contributed by atoms with E-state index in [1.165, 1.54) is 38.1 Å². The number of allylic oxidation sites excluding steroid dienone is 2. The molecule has 1 aromatic carbocycles. The molecule has 0 radical (unpaired) electrons. The molecule has 0 spiro atoms. The van der Waals surface area contributed by atoms with E-state index < -0.39 is 22.8 Å². The van der Waals surface area contributed by atoms with Crippen LogP contribution < -0.4 is 5.32 Å². The molecule has 1 aliphatic rings. The lowest BCUT2D eigenvalue weighted by Crippen LogP contribution is -2.31. The summed E-state index contributed by atoms with van der Waals surface area (Å²) in [5.74, 6) is -3.65. The second-order valence-electron chi connectivity index (χ2n) is 5.10. The molecule has 9 heteroatoms. The average molecular weight is 355 g/mol. The van der Waals surface area contributed by atoms with Crippen molar-refractivity contribution in [2.24, 2.45) is 0 Å². The first kappa shape index (κ1) is 19.2. The molecule has 1 aliphatic heterocycles. The third kappa shape index (κ3) is 3.38. The van der Waals surface area contributed by atoms with Gasteiger partial charge in [-0.05, 0) is 19.4 Å². The summed E-state index contributed by atoms with van der Waals surface area (Å²) in [4.78, 5) is 33.5. The maximum atomic E-state index is 11.6. The smallest absolute Gasteiger partial charge is 0.334 e. The molecule has 0 atom stereocenters. The standard InChI is InChI=1S/C15H14N2O6.ClH/c1-7-11(14(18)19)13(12(15(20)21)8(2)16-7)9-4-3-5-10(6-9)17(22)23;/h3-6,13,16H,1-2H3,(H,18,19)(H,20,21);1H. The minimum absolute atomic E-state index is 0. The molecule has 0 aromatic heterocycles. The van der Waals surface area contributed by atoms with Gasteiger partial charge in [-0.1, -0.05) is 12.1 Å². The maximum absolute atomic E-state index is 11.6. The molecule has 0 bridgehead atoms. The van der Waals surface area contributed by atoms with Gasteiger partial charge in [-0.3, -0.25) is 10.1 Å². The third-order valence-corrected chi connectivity index (χ3v) is 3.64. The molecule has 1 aromatic rings. The number of nitrogens with one attached hydrogen (secondary N) is 1. The summed E-state index contributed by atoms with van der Waals surface area (Å²) in [7, 11) is 0. The molecule has 0 amide bonds. The van der Waals surface area contributed by atoms with Crippen LogP contribution in [-0.4, -0.2) is 27.1 Å². The number of aliphatic carboxylic acids is 2. The van der Waals surface area contributed by atoms with Gasteiger partial charge in [-0.25, -0.2) is 9.59 Å². The van der Waals surface area contributed by atoms with Crippen LogP contribution in [0.1, 0.15) is 25.3 Å². The van der Waals surface area contributed by atoms with Crippen molar-refractivity contribution in [3.63, 3.8) is 0 Å². The molecular formula is C15H15ClN2O6. The third-order valence-electron chi connectivity index (χ3n) is 3.64. The Morgan fingerprint density at radius 1 is 1.12 bits per heavy atom. The van der Waals surface area contributed by atoms with Crippen LogP contribution >= 0.6 is 12.4 Å². The highest BCUT2D eigenvalue weighted by Gasteiger charge is 2.36. The molecular weight excluding hydrogens is 340 g/mol. The highest BCUT2D eigenvalue weighted by atomic mass is 35.5. The van der Waals surface area contributed by atoms with Gasteiger partial charge in [0.05, 0.1) is 22.0 Å². The number of dihydropyridines is 1. The lowest BCUT2D eigenvalue weighted by Gasteiger charge is -2.28. The molecule has 0 unspecified atom stereocenters. The molecule has 0 fully saturated rings. The number of carboxylic acid groups (broad SMARTS) is 2. The number of rotatable bonds is 4. The van der Waals surface area contributed by atoms with Crippen molar-refractivity contribution in [3.05, 3.63) is 62.5 Å². The normalized spacial score (nSPS) is 14.8. The summed E-state index contributed by atoms with van der Waals surface area (Å²) in [6.07, 6.45) is 0. The Morgan fingerprint density at radius 2 is 1.62 bits per heavy atom. The molecule has 3 N–H and O–H groups in total. The predicted molar refractivity (Wildman–Crippen MR) is 86.9 cm³/mol. The molecule has 128 valence electrons. The highest BCUT2D eigenvalue weighted by molar-refractivity contribution is 5.98. The SMILES string of the molecule is CC1=C(C(=O)O)C(c2cccc([N+](=O)[O-])c2)C(C(=O)O)=C(C)N1.Cl. The fourth-order valence-electron chi connectivity index (χ4n) is 2.71. The fraction of sp³-hybridized carbons (Fsp3) is 0.200. The second-order valence-corrected chi connectivity index (χ2v) is 5.10. The summed E-state index contributed by atoms with van der Waals surface area (Å²) in [5.41, 5.74) is 0.329. The van der Waals surface area contributed by atoms with Gasteiger partial charge in [0.15, 0.2) is 0 Å². The van der Waals surface area contributed by atoms with E-state index in [2.05, 4.69) is 5.32 Å². The Labute approximate surface area is 143 Å². The van der Waals surface area contributed by atoms with Crippen molar-refractivity contribution >= 4 is 30.0 Å². The van der Waals surface area contributed by atoms with Crippen molar-refractivity contribution in [2.45, 2.75) is 19.8 Å². The van der Waals surface area contributed by atoms with Crippen LogP contribution in [-0.2, 0) is 9.59 Å². The average Bonchev–Trinajstić information content (AvgIpc) is 2.45. The molecule has 24 heavy (non-hydrogen) atoms. The van der Waals surface area contributed by atoms with Gasteiger partial charge in [0.1, 0.15) is 0 Å². The Kier molecular flexibility index (Phi) is 5.70. The van der Waals surface area contributed by atoms with E-state index in [-0.39, 0.29) is 34.8 Å². The van der Waals surface area contributed by atoms with Crippen LogP contribution in [0.3, 0.4) is 0 Å². The first-order chi connectivity index (χ1) is 10.7. The second kappa shape index (κ2) is 7.14. The zero-order chi connectivity index (χ0) is 17.3. The van der Waals surface area contributed by atoms with Gasteiger partial charge in [-0.15, -0.1) is 12.4 Å². The molecule has 0 saturated heterocycles. The van der Waals surface area contributed by atoms with Crippen LogP contribution in [0.15, 0.2) is 46.8 Å². The van der Waals surface area contributed by atoms with E-state index in [4.69, 9.17) is 0 Å². The van der Waals surface area contributed by atoms with Crippen LogP contribution in [0.2, 0.25) is 0 Å². The maximum Gasteiger partial charge on any atom is 0.334 e. The molecule has 1 heterocycles. The summed E-state index contributed by atoms with van der Waals surface area (Å²) >= 11 is 0. The van der Waals surface area contributed by atoms with Gasteiger partial charge in [0.2, 0.25) is 0 Å². The number of carboxylic acids is 2. The number of nitro benzene ring substituents is 1. The summed E-state index contributed by atoms with van der Waals surface area (Å²) in [6.45, 7) is 3.05. The fourth-order valence-corrected chi connectivity index (χ4v) is 2.71. The highest BCUT2D eigenvalue weighted by Crippen LogP contribution is 2.39. The molecule has 0 saturated carbocycles. The van der Waals surface area contributed by atoms with Gasteiger partial charge < -0.3 is 15.5 Å². The number of halogens is 1. The number of hydrogen-bond donors (Lipinski definition) is 3. The largest absolute Gasteiger partial charge is 0.478 e. The van der Waals surface area contributed by atoms with Crippen LogP contribution in [0.5, 0.6) is 0 Å². The van der Waals surface area contributed by atoms with Crippen molar-refractivity contribution in [2.75, 3.05) is 0 Å². The van der Waals surface area contributed by atoms with E-state index >= 15 is 0 Å². The number of nitro groups is 1. The van der Waals surface area contributed by atoms with Gasteiger partial charge in [0, 0.05) is 23.5 Å². The molecule has 8 nitrogen and oxygen atoms in total. The van der Waals surface area contributed by atoms with Crippen molar-refractivity contribution in [1.82, 2.24) is 5.32 Å². The van der Waals surface area contributed by atoms with E-state index in [0.717, 1.165) is 0 Å². The lowest BCUT2D eigenvalue weighted by molar-refractivity contribution is -0.384. The minimum atomic E-state index is -1.28. The quantitative estimate of drug-likeness (QED) is 0.559. The van der Waals surface area contributed by atoms with E-state index in [1.54, 1.807) is 0 Å². The van der Waals surface area contributed by atoms with Crippen molar-refractivity contribution in [1.29, 1.82) is 0 Å². The number of benzene rings is 1. The first-order valence-corrected chi connectivity index (χ1v) is 6.63. The first-order valence-electron chi connectivity index (χ1n) is 6.63. The molecule has 2 rings (SSSR count). The number of nitrogens with zero attached hydrogens (tertiary/aromatic N) is 1. The number of carbonyl (C=O) groups is 2.